The van der Waals surface area contributed by atoms with E-state index in [9.17, 15) is 18.0 Å². The number of amides is 1. The minimum Gasteiger partial charge on any atom is -0.309 e. The SMILES string of the molecule is Cc1cc(NC(=O)CCn2nc(C(F)(F)F)cc2C2CC2)nn1Cc1ccc(Cl)cc1Cl. The summed E-state index contributed by atoms with van der Waals surface area (Å²) in [5.41, 5.74) is 1.25. The molecular weight excluding hydrogens is 466 g/mol. The standard InChI is InChI=1S/C21H20Cl2F3N5O/c1-12-8-19(29-31(12)11-14-4-5-15(22)9-16(14)23)27-20(32)6-7-30-17(13-2-3-13)10-18(28-30)21(24,25)26/h4-5,8-10,13H,2-3,6-7,11H2,1H3,(H,27,29,32). The summed E-state index contributed by atoms with van der Waals surface area (Å²) in [6.07, 6.45) is -2.85. The van der Waals surface area contributed by atoms with Crippen LogP contribution in [0.15, 0.2) is 30.3 Å². The second-order valence-electron chi connectivity index (χ2n) is 7.81. The normalized spacial score (nSPS) is 14.1. The quantitative estimate of drug-likeness (QED) is 0.468. The van der Waals surface area contributed by atoms with Crippen LogP contribution in [-0.4, -0.2) is 25.5 Å². The maximum Gasteiger partial charge on any atom is 0.435 e. The van der Waals surface area contributed by atoms with Crippen LogP contribution in [0.5, 0.6) is 0 Å². The van der Waals surface area contributed by atoms with Crippen LogP contribution in [0.2, 0.25) is 10.0 Å². The van der Waals surface area contributed by atoms with Gasteiger partial charge >= 0.3 is 6.18 Å². The van der Waals surface area contributed by atoms with E-state index in [0.29, 0.717) is 28.1 Å². The number of aromatic nitrogens is 4. The summed E-state index contributed by atoms with van der Waals surface area (Å²) in [6.45, 7) is 2.31. The number of hydrogen-bond acceptors (Lipinski definition) is 3. The Kier molecular flexibility index (Phi) is 6.22. The molecule has 1 N–H and O–H groups in total. The van der Waals surface area contributed by atoms with Crippen LogP contribution >= 0.6 is 23.2 Å². The Morgan fingerprint density at radius 1 is 1.16 bits per heavy atom. The van der Waals surface area contributed by atoms with Gasteiger partial charge in [0, 0.05) is 46.4 Å². The van der Waals surface area contributed by atoms with Crippen molar-refractivity contribution in [1.82, 2.24) is 19.6 Å². The summed E-state index contributed by atoms with van der Waals surface area (Å²) in [4.78, 5) is 12.4. The van der Waals surface area contributed by atoms with Crippen LogP contribution in [0.1, 0.15) is 47.8 Å². The van der Waals surface area contributed by atoms with E-state index in [4.69, 9.17) is 23.2 Å². The molecular formula is C21H20Cl2F3N5O. The van der Waals surface area contributed by atoms with Crippen molar-refractivity contribution in [3.63, 3.8) is 0 Å². The molecule has 0 spiro atoms. The van der Waals surface area contributed by atoms with Gasteiger partial charge in [-0.25, -0.2) is 0 Å². The second kappa shape index (κ2) is 8.78. The summed E-state index contributed by atoms with van der Waals surface area (Å²) < 4.78 is 42.0. The molecule has 1 fully saturated rings. The van der Waals surface area contributed by atoms with Crippen LogP contribution in [0, 0.1) is 6.92 Å². The predicted octanol–water partition coefficient (Wildman–Crippen LogP) is 5.67. The zero-order valence-corrected chi connectivity index (χ0v) is 18.6. The van der Waals surface area contributed by atoms with Crippen molar-refractivity contribution in [3.05, 3.63) is 63.0 Å². The molecule has 0 unspecified atom stereocenters. The molecule has 1 aliphatic carbocycles. The molecule has 0 radical (unpaired) electrons. The molecule has 32 heavy (non-hydrogen) atoms. The maximum absolute atomic E-state index is 13.0. The minimum absolute atomic E-state index is 0.0202. The first-order valence-corrected chi connectivity index (χ1v) is 10.8. The Morgan fingerprint density at radius 3 is 2.56 bits per heavy atom. The Labute approximate surface area is 192 Å². The van der Waals surface area contributed by atoms with E-state index in [1.807, 2.05) is 6.92 Å². The molecule has 2 heterocycles. The summed E-state index contributed by atoms with van der Waals surface area (Å²) in [6, 6.07) is 7.99. The number of nitrogens with zero attached hydrogens (tertiary/aromatic N) is 4. The molecule has 4 rings (SSSR count). The fourth-order valence-electron chi connectivity index (χ4n) is 3.41. The van der Waals surface area contributed by atoms with Crippen molar-refractivity contribution in [2.45, 2.75) is 51.4 Å². The molecule has 1 amide bonds. The van der Waals surface area contributed by atoms with Crippen LogP contribution in [0.4, 0.5) is 19.0 Å². The lowest BCUT2D eigenvalue weighted by Gasteiger charge is -2.08. The van der Waals surface area contributed by atoms with Gasteiger partial charge in [0.2, 0.25) is 5.91 Å². The fourth-order valence-corrected chi connectivity index (χ4v) is 3.88. The Bertz CT molecular complexity index is 1150. The topological polar surface area (TPSA) is 64.7 Å². The summed E-state index contributed by atoms with van der Waals surface area (Å²) in [5, 5.41) is 11.8. The highest BCUT2D eigenvalue weighted by Gasteiger charge is 2.37. The lowest BCUT2D eigenvalue weighted by atomic mass is 10.2. The van der Waals surface area contributed by atoms with E-state index in [2.05, 4.69) is 15.5 Å². The van der Waals surface area contributed by atoms with Crippen LogP contribution < -0.4 is 5.32 Å². The van der Waals surface area contributed by atoms with Crippen molar-refractivity contribution < 1.29 is 18.0 Å². The summed E-state index contributed by atoms with van der Waals surface area (Å²) in [7, 11) is 0. The molecule has 170 valence electrons. The lowest BCUT2D eigenvalue weighted by molar-refractivity contribution is -0.141. The Balaban J connectivity index is 1.39. The zero-order valence-electron chi connectivity index (χ0n) is 17.1. The Morgan fingerprint density at radius 2 is 1.91 bits per heavy atom. The predicted molar refractivity (Wildman–Crippen MR) is 115 cm³/mol. The van der Waals surface area contributed by atoms with Gasteiger partial charge in [-0.2, -0.15) is 23.4 Å². The van der Waals surface area contributed by atoms with Gasteiger partial charge in [-0.1, -0.05) is 29.3 Å². The van der Waals surface area contributed by atoms with Gasteiger partial charge in [0.25, 0.3) is 0 Å². The van der Waals surface area contributed by atoms with E-state index < -0.39 is 11.9 Å². The van der Waals surface area contributed by atoms with Gasteiger partial charge in [-0.3, -0.25) is 14.2 Å². The molecule has 2 aromatic heterocycles. The zero-order chi connectivity index (χ0) is 23.0. The molecule has 3 aromatic rings. The molecule has 11 heteroatoms. The Hall–Kier alpha value is -2.52. The smallest absolute Gasteiger partial charge is 0.309 e. The number of benzene rings is 1. The van der Waals surface area contributed by atoms with Crippen molar-refractivity contribution in [3.8, 4) is 0 Å². The number of nitrogens with one attached hydrogen (secondary N) is 1. The number of anilines is 1. The summed E-state index contributed by atoms with van der Waals surface area (Å²) >= 11 is 12.1. The minimum atomic E-state index is -4.51. The third-order valence-electron chi connectivity index (χ3n) is 5.23. The van der Waals surface area contributed by atoms with E-state index in [-0.39, 0.29) is 24.8 Å². The van der Waals surface area contributed by atoms with E-state index in [1.165, 1.54) is 4.68 Å². The van der Waals surface area contributed by atoms with Crippen molar-refractivity contribution in [2.24, 2.45) is 0 Å². The van der Waals surface area contributed by atoms with Crippen molar-refractivity contribution in [2.75, 3.05) is 5.32 Å². The monoisotopic (exact) mass is 485 g/mol. The van der Waals surface area contributed by atoms with Crippen LogP contribution in [-0.2, 0) is 24.1 Å². The average molecular weight is 486 g/mol. The van der Waals surface area contributed by atoms with Gasteiger partial charge < -0.3 is 5.32 Å². The number of carbonyl (C=O) groups is 1. The van der Waals surface area contributed by atoms with Gasteiger partial charge in [-0.15, -0.1) is 0 Å². The molecule has 1 aliphatic rings. The highest BCUT2D eigenvalue weighted by molar-refractivity contribution is 6.35. The number of hydrogen-bond donors (Lipinski definition) is 1. The molecule has 1 aromatic carbocycles. The third-order valence-corrected chi connectivity index (χ3v) is 5.82. The number of carbonyl (C=O) groups excluding carboxylic acids is 1. The molecule has 1 saturated carbocycles. The molecule has 6 nitrogen and oxygen atoms in total. The average Bonchev–Trinajstić information content (AvgIpc) is 3.35. The maximum atomic E-state index is 13.0. The number of rotatable bonds is 7. The first-order chi connectivity index (χ1) is 15.1. The first kappa shape index (κ1) is 22.7. The van der Waals surface area contributed by atoms with Gasteiger partial charge in [-0.05, 0) is 43.5 Å². The van der Waals surface area contributed by atoms with E-state index >= 15 is 0 Å². The molecule has 0 atom stereocenters. The number of halogens is 5. The fraction of sp³-hybridized carbons (Fsp3) is 0.381. The van der Waals surface area contributed by atoms with E-state index in [1.54, 1.807) is 28.9 Å². The van der Waals surface area contributed by atoms with Crippen molar-refractivity contribution >= 4 is 34.9 Å². The third kappa shape index (κ3) is 5.27. The largest absolute Gasteiger partial charge is 0.435 e. The van der Waals surface area contributed by atoms with Crippen LogP contribution in [0.3, 0.4) is 0 Å². The van der Waals surface area contributed by atoms with E-state index in [0.717, 1.165) is 30.2 Å². The molecule has 0 aliphatic heterocycles. The first-order valence-electron chi connectivity index (χ1n) is 10.0. The number of aryl methyl sites for hydroxylation is 2. The lowest BCUT2D eigenvalue weighted by Crippen LogP contribution is -2.17. The van der Waals surface area contributed by atoms with Gasteiger partial charge in [0.1, 0.15) is 0 Å². The number of alkyl halides is 3. The van der Waals surface area contributed by atoms with Crippen LogP contribution in [0.25, 0.3) is 0 Å². The van der Waals surface area contributed by atoms with Gasteiger partial charge in [0.05, 0.1) is 6.54 Å². The molecule has 0 saturated heterocycles. The second-order valence-corrected chi connectivity index (χ2v) is 8.66. The van der Waals surface area contributed by atoms with Crippen molar-refractivity contribution in [1.29, 1.82) is 0 Å². The highest BCUT2D eigenvalue weighted by Crippen LogP contribution is 2.42. The van der Waals surface area contributed by atoms with Gasteiger partial charge in [0.15, 0.2) is 11.5 Å². The molecule has 0 bridgehead atoms. The highest BCUT2D eigenvalue weighted by atomic mass is 35.5. The summed E-state index contributed by atoms with van der Waals surface area (Å²) in [5.74, 6) is 0.0844.